The third-order valence-corrected chi connectivity index (χ3v) is 7.11. The number of carbonyl (C=O) groups is 3. The number of hydrogen-bond donors (Lipinski definition) is 3. The van der Waals surface area contributed by atoms with Crippen LogP contribution in [0.25, 0.3) is 21.8 Å². The molecule has 43 heavy (non-hydrogen) atoms. The number of anilines is 1. The molecule has 0 spiro atoms. The predicted molar refractivity (Wildman–Crippen MR) is 166 cm³/mol. The first-order chi connectivity index (χ1) is 20.7. The predicted octanol–water partition coefficient (Wildman–Crippen LogP) is 4.71. The molecule has 3 amide bonds. The lowest BCUT2D eigenvalue weighted by Gasteiger charge is -2.11. The van der Waals surface area contributed by atoms with Crippen molar-refractivity contribution < 1.29 is 19.1 Å². The molecule has 0 atom stereocenters. The molecule has 5 aromatic rings. The molecule has 0 saturated carbocycles. The quantitative estimate of drug-likeness (QED) is 0.198. The van der Waals surface area contributed by atoms with Gasteiger partial charge in [-0.1, -0.05) is 35.9 Å². The first-order valence-electron chi connectivity index (χ1n) is 13.5. The van der Waals surface area contributed by atoms with Gasteiger partial charge in [0.1, 0.15) is 17.0 Å². The molecule has 0 aliphatic rings. The van der Waals surface area contributed by atoms with E-state index in [9.17, 15) is 14.4 Å². The molecule has 11 nitrogen and oxygen atoms in total. The summed E-state index contributed by atoms with van der Waals surface area (Å²) in [7, 11) is 1.48. The molecular weight excluding hydrogens is 570 g/mol. The van der Waals surface area contributed by atoms with Gasteiger partial charge in [-0.05, 0) is 67.1 Å². The largest absolute Gasteiger partial charge is 0.494 e. The number of allylic oxidation sites excluding steroid dienone is 1. The van der Waals surface area contributed by atoms with Gasteiger partial charge >= 0.3 is 0 Å². The molecule has 12 heteroatoms. The Morgan fingerprint density at radius 1 is 1.00 bits per heavy atom. The minimum absolute atomic E-state index is 0.217. The Labute approximate surface area is 252 Å². The standard InChI is InChI=1S/C31H30ClN7O4/c1-4-39-25(13-18(2)37-39)30(42)36-31-35-24-16-22(28(33)40)17-26(43-3)27(24)38(31)12-6-5-11-34-29(41)21-8-7-20-15-23(32)10-9-19(20)14-21/h5-10,13-17H,4,11-12H2,1-3H3,(H2,33,40)(H,34,41)(H,35,36,42)/b6-5+. The highest BCUT2D eigenvalue weighted by Crippen LogP contribution is 2.31. The average molecular weight is 600 g/mol. The normalized spacial score (nSPS) is 11.3. The average Bonchev–Trinajstić information content (AvgIpc) is 3.55. The molecule has 0 unspecified atom stereocenters. The first-order valence-corrected chi connectivity index (χ1v) is 13.9. The number of rotatable bonds is 10. The zero-order valence-corrected chi connectivity index (χ0v) is 24.6. The lowest BCUT2D eigenvalue weighted by atomic mass is 10.1. The highest BCUT2D eigenvalue weighted by atomic mass is 35.5. The maximum atomic E-state index is 13.2. The zero-order valence-electron chi connectivity index (χ0n) is 23.8. The van der Waals surface area contributed by atoms with Crippen molar-refractivity contribution in [3.05, 3.63) is 94.3 Å². The number of hydrogen-bond acceptors (Lipinski definition) is 6. The lowest BCUT2D eigenvalue weighted by molar-refractivity contribution is 0.0955. The fourth-order valence-corrected chi connectivity index (χ4v) is 4.99. The maximum Gasteiger partial charge on any atom is 0.276 e. The number of aryl methyl sites for hydroxylation is 2. The van der Waals surface area contributed by atoms with Crippen LogP contribution in [0.2, 0.25) is 5.02 Å². The molecule has 0 saturated heterocycles. The number of halogens is 1. The van der Waals surface area contributed by atoms with Crippen LogP contribution in [0.4, 0.5) is 5.95 Å². The second-order valence-electron chi connectivity index (χ2n) is 9.79. The van der Waals surface area contributed by atoms with Gasteiger partial charge in [-0.2, -0.15) is 5.10 Å². The number of aromatic nitrogens is 4. The summed E-state index contributed by atoms with van der Waals surface area (Å²) in [6, 6.07) is 15.7. The molecule has 2 heterocycles. The number of nitrogens with zero attached hydrogens (tertiary/aromatic N) is 4. The molecule has 0 fully saturated rings. The van der Waals surface area contributed by atoms with E-state index in [-0.39, 0.29) is 36.4 Å². The smallest absolute Gasteiger partial charge is 0.276 e. The van der Waals surface area contributed by atoms with Crippen molar-refractivity contribution in [1.82, 2.24) is 24.6 Å². The topological polar surface area (TPSA) is 146 Å². The number of imidazole rings is 1. The fraction of sp³-hybridized carbons (Fsp3) is 0.194. The number of methoxy groups -OCH3 is 1. The summed E-state index contributed by atoms with van der Waals surface area (Å²) >= 11 is 6.06. The van der Waals surface area contributed by atoms with Crippen molar-refractivity contribution in [2.45, 2.75) is 26.9 Å². The van der Waals surface area contributed by atoms with Gasteiger partial charge in [0, 0.05) is 35.8 Å². The van der Waals surface area contributed by atoms with Crippen LogP contribution < -0.4 is 21.1 Å². The van der Waals surface area contributed by atoms with Crippen LogP contribution in [0, 0.1) is 6.92 Å². The van der Waals surface area contributed by atoms with Gasteiger partial charge < -0.3 is 20.4 Å². The first kappa shape index (κ1) is 29.3. The molecule has 0 aliphatic heterocycles. The Bertz CT molecular complexity index is 1910. The van der Waals surface area contributed by atoms with Crippen molar-refractivity contribution in [3.8, 4) is 5.75 Å². The van der Waals surface area contributed by atoms with Crippen LogP contribution in [0.3, 0.4) is 0 Å². The van der Waals surface area contributed by atoms with E-state index in [1.165, 1.54) is 13.2 Å². The van der Waals surface area contributed by atoms with Crippen LogP contribution in [-0.4, -0.2) is 50.7 Å². The minimum Gasteiger partial charge on any atom is -0.494 e. The molecule has 0 radical (unpaired) electrons. The number of benzene rings is 3. The maximum absolute atomic E-state index is 13.2. The number of nitrogens with one attached hydrogen (secondary N) is 2. The van der Waals surface area contributed by atoms with E-state index in [2.05, 4.69) is 20.7 Å². The molecule has 4 N–H and O–H groups in total. The Morgan fingerprint density at radius 3 is 2.51 bits per heavy atom. The van der Waals surface area contributed by atoms with Crippen molar-refractivity contribution in [3.63, 3.8) is 0 Å². The summed E-state index contributed by atoms with van der Waals surface area (Å²) in [6.45, 7) is 4.77. The summed E-state index contributed by atoms with van der Waals surface area (Å²) in [6.07, 6.45) is 3.64. The van der Waals surface area contributed by atoms with Gasteiger partial charge in [-0.25, -0.2) is 4.98 Å². The molecule has 220 valence electrons. The van der Waals surface area contributed by atoms with Crippen molar-refractivity contribution >= 4 is 57.1 Å². The number of primary amides is 1. The van der Waals surface area contributed by atoms with E-state index in [0.717, 1.165) is 10.8 Å². The van der Waals surface area contributed by atoms with Crippen molar-refractivity contribution in [2.75, 3.05) is 19.0 Å². The Hall–Kier alpha value is -5.16. The van der Waals surface area contributed by atoms with Gasteiger partial charge in [0.05, 0.1) is 18.3 Å². The summed E-state index contributed by atoms with van der Waals surface area (Å²) in [5.41, 5.74) is 8.36. The second kappa shape index (κ2) is 12.4. The third-order valence-electron chi connectivity index (χ3n) is 6.87. The van der Waals surface area contributed by atoms with E-state index < -0.39 is 5.91 Å². The minimum atomic E-state index is -0.631. The summed E-state index contributed by atoms with van der Waals surface area (Å²) in [5.74, 6) is -0.624. The molecular formula is C31H30ClN7O4. The van der Waals surface area contributed by atoms with E-state index in [0.29, 0.717) is 45.3 Å². The van der Waals surface area contributed by atoms with E-state index >= 15 is 0 Å². The molecule has 5 rings (SSSR count). The van der Waals surface area contributed by atoms with E-state index in [4.69, 9.17) is 22.1 Å². The SMILES string of the molecule is CCn1nc(C)cc1C(=O)Nc1nc2cc(C(N)=O)cc(OC)c2n1C/C=C/CNC(=O)c1ccc2cc(Cl)ccc2c1. The summed E-state index contributed by atoms with van der Waals surface area (Å²) < 4.78 is 8.92. The van der Waals surface area contributed by atoms with Gasteiger partial charge in [0.15, 0.2) is 0 Å². The van der Waals surface area contributed by atoms with Crippen LogP contribution in [-0.2, 0) is 13.1 Å². The van der Waals surface area contributed by atoms with Crippen LogP contribution in [0.15, 0.2) is 66.7 Å². The molecule has 3 aromatic carbocycles. The van der Waals surface area contributed by atoms with Gasteiger partial charge in [-0.3, -0.25) is 24.4 Å². The monoisotopic (exact) mass is 599 g/mol. The van der Waals surface area contributed by atoms with Crippen LogP contribution in [0.1, 0.15) is 43.8 Å². The third kappa shape index (κ3) is 6.21. The molecule has 2 aromatic heterocycles. The van der Waals surface area contributed by atoms with E-state index in [1.54, 1.807) is 39.6 Å². The van der Waals surface area contributed by atoms with Gasteiger partial charge in [0.25, 0.3) is 11.8 Å². The summed E-state index contributed by atoms with van der Waals surface area (Å²) in [4.78, 5) is 42.5. The van der Waals surface area contributed by atoms with Crippen molar-refractivity contribution in [1.29, 1.82) is 0 Å². The van der Waals surface area contributed by atoms with Crippen molar-refractivity contribution in [2.24, 2.45) is 5.73 Å². The Balaban J connectivity index is 1.37. The molecule has 0 aliphatic carbocycles. The highest BCUT2D eigenvalue weighted by molar-refractivity contribution is 6.31. The van der Waals surface area contributed by atoms with Gasteiger partial charge in [0.2, 0.25) is 11.9 Å². The Morgan fingerprint density at radius 2 is 1.77 bits per heavy atom. The van der Waals surface area contributed by atoms with Crippen LogP contribution in [0.5, 0.6) is 5.75 Å². The zero-order chi connectivity index (χ0) is 30.7. The number of fused-ring (bicyclic) bond motifs is 2. The number of carbonyl (C=O) groups excluding carboxylic acids is 3. The lowest BCUT2D eigenvalue weighted by Crippen LogP contribution is -2.23. The second-order valence-corrected chi connectivity index (χ2v) is 10.2. The van der Waals surface area contributed by atoms with E-state index in [1.807, 2.05) is 44.2 Å². The van der Waals surface area contributed by atoms with Crippen LogP contribution >= 0.6 is 11.6 Å². The van der Waals surface area contributed by atoms with Gasteiger partial charge in [-0.15, -0.1) is 0 Å². The summed E-state index contributed by atoms with van der Waals surface area (Å²) in [5, 5.41) is 12.6. The number of amides is 3. The Kier molecular flexibility index (Phi) is 8.44. The molecule has 0 bridgehead atoms. The fourth-order valence-electron chi connectivity index (χ4n) is 4.81. The highest BCUT2D eigenvalue weighted by Gasteiger charge is 2.21. The number of nitrogens with two attached hydrogens (primary N) is 1. The number of ether oxygens (including phenoxy) is 1.